The van der Waals surface area contributed by atoms with Crippen molar-refractivity contribution in [3.8, 4) is 0 Å². The van der Waals surface area contributed by atoms with E-state index in [4.69, 9.17) is 0 Å². The van der Waals surface area contributed by atoms with Gasteiger partial charge in [-0.25, -0.2) is 10.9 Å². The fourth-order valence-electron chi connectivity index (χ4n) is 3.61. The van der Waals surface area contributed by atoms with E-state index in [1.807, 2.05) is 60.7 Å². The fourth-order valence-corrected chi connectivity index (χ4v) is 3.61. The Morgan fingerprint density at radius 3 is 1.34 bits per heavy atom. The molecule has 0 spiro atoms. The van der Waals surface area contributed by atoms with Crippen molar-refractivity contribution in [1.29, 1.82) is 0 Å². The second-order valence-electron chi connectivity index (χ2n) is 9.68. The number of nitrogens with zero attached hydrogens (tertiary/aromatic N) is 2. The number of amides is 2. The van der Waals surface area contributed by atoms with Crippen LogP contribution in [0, 0.1) is 11.8 Å². The van der Waals surface area contributed by atoms with Gasteiger partial charge in [-0.3, -0.25) is 9.59 Å². The molecule has 35 heavy (non-hydrogen) atoms. The van der Waals surface area contributed by atoms with Crippen LogP contribution in [0.3, 0.4) is 0 Å². The van der Waals surface area contributed by atoms with Gasteiger partial charge < -0.3 is 0 Å². The third-order valence-corrected chi connectivity index (χ3v) is 5.36. The predicted molar refractivity (Wildman–Crippen MR) is 144 cm³/mol. The van der Waals surface area contributed by atoms with E-state index in [9.17, 15) is 9.59 Å². The van der Waals surface area contributed by atoms with Crippen LogP contribution in [-0.2, 0) is 9.59 Å². The number of hydrazone groups is 2. The number of nitrogens with one attached hydrogen (secondary N) is 2. The molecular formula is C29H40N4O2. The van der Waals surface area contributed by atoms with Gasteiger partial charge in [0, 0.05) is 12.8 Å². The Morgan fingerprint density at radius 2 is 1.00 bits per heavy atom. The fraction of sp³-hybridized carbons (Fsp3) is 0.448. The van der Waals surface area contributed by atoms with Gasteiger partial charge in [0.2, 0.25) is 11.8 Å². The van der Waals surface area contributed by atoms with Crippen LogP contribution in [0.1, 0.15) is 83.8 Å². The van der Waals surface area contributed by atoms with E-state index < -0.39 is 0 Å². The Bertz CT molecular complexity index is 887. The third kappa shape index (κ3) is 11.6. The number of rotatable bonds is 14. The smallest absolute Gasteiger partial charge is 0.240 e. The summed E-state index contributed by atoms with van der Waals surface area (Å²) >= 11 is 0. The molecule has 0 radical (unpaired) electrons. The minimum absolute atomic E-state index is 0.0996. The highest BCUT2D eigenvalue weighted by Crippen LogP contribution is 2.12. The molecule has 0 atom stereocenters. The van der Waals surface area contributed by atoms with Crippen LogP contribution in [0.5, 0.6) is 0 Å². The van der Waals surface area contributed by atoms with E-state index in [0.29, 0.717) is 37.5 Å². The van der Waals surface area contributed by atoms with Crippen LogP contribution in [0.15, 0.2) is 70.9 Å². The Balaban J connectivity index is 1.73. The molecule has 2 aromatic carbocycles. The van der Waals surface area contributed by atoms with Gasteiger partial charge in [-0.2, -0.15) is 10.2 Å². The SMILES string of the molecule is CC(C)C/C(=N\NC(=O)CCCCCC(=O)N/N=C(\CC(C)C)c1ccccc1)c1ccccc1. The highest BCUT2D eigenvalue weighted by atomic mass is 16.2. The molecule has 0 aliphatic carbocycles. The van der Waals surface area contributed by atoms with Crippen molar-refractivity contribution < 1.29 is 9.59 Å². The molecule has 6 nitrogen and oxygen atoms in total. The van der Waals surface area contributed by atoms with E-state index in [-0.39, 0.29) is 11.8 Å². The second kappa shape index (κ2) is 15.6. The van der Waals surface area contributed by atoms with Gasteiger partial charge in [0.25, 0.3) is 0 Å². The third-order valence-electron chi connectivity index (χ3n) is 5.36. The maximum absolute atomic E-state index is 12.2. The summed E-state index contributed by atoms with van der Waals surface area (Å²) in [6.07, 6.45) is 4.59. The molecule has 6 heteroatoms. The van der Waals surface area contributed by atoms with Crippen molar-refractivity contribution in [3.63, 3.8) is 0 Å². The molecule has 2 aromatic rings. The van der Waals surface area contributed by atoms with E-state index in [1.54, 1.807) is 0 Å². The molecule has 0 fully saturated rings. The van der Waals surface area contributed by atoms with Crippen molar-refractivity contribution in [2.75, 3.05) is 0 Å². The highest BCUT2D eigenvalue weighted by molar-refractivity contribution is 6.01. The largest absolute Gasteiger partial charge is 0.273 e. The molecule has 2 rings (SSSR count). The summed E-state index contributed by atoms with van der Waals surface area (Å²) in [4.78, 5) is 24.5. The van der Waals surface area contributed by atoms with Gasteiger partial charge in [-0.15, -0.1) is 0 Å². The maximum Gasteiger partial charge on any atom is 0.240 e. The van der Waals surface area contributed by atoms with Crippen molar-refractivity contribution in [3.05, 3.63) is 71.8 Å². The predicted octanol–water partition coefficient (Wildman–Crippen LogP) is 6.07. The standard InChI is InChI=1S/C29H40N4O2/c1-22(2)20-26(24-14-8-5-9-15-24)30-32-28(34)18-12-7-13-19-29(35)33-31-27(21-23(3)4)25-16-10-6-11-17-25/h5-6,8-11,14-17,22-23H,7,12-13,18-21H2,1-4H3,(H,32,34)(H,33,35)/b30-26+,31-27+. The van der Waals surface area contributed by atoms with Gasteiger partial charge in [0.1, 0.15) is 0 Å². The minimum Gasteiger partial charge on any atom is -0.273 e. The van der Waals surface area contributed by atoms with E-state index in [2.05, 4.69) is 48.7 Å². The van der Waals surface area contributed by atoms with Gasteiger partial charge in [0.05, 0.1) is 11.4 Å². The maximum atomic E-state index is 12.2. The lowest BCUT2D eigenvalue weighted by Crippen LogP contribution is -2.21. The van der Waals surface area contributed by atoms with Gasteiger partial charge in [0.15, 0.2) is 0 Å². The molecule has 0 aliphatic rings. The molecule has 0 bridgehead atoms. The number of benzene rings is 2. The number of hydrogen-bond donors (Lipinski definition) is 2. The zero-order chi connectivity index (χ0) is 25.5. The summed E-state index contributed by atoms with van der Waals surface area (Å²) in [6, 6.07) is 19.9. The molecule has 188 valence electrons. The molecule has 2 amide bonds. The summed E-state index contributed by atoms with van der Waals surface area (Å²) in [5.74, 6) is 0.681. The van der Waals surface area contributed by atoms with E-state index in [0.717, 1.165) is 41.8 Å². The van der Waals surface area contributed by atoms with Crippen molar-refractivity contribution in [2.45, 2.75) is 72.6 Å². The van der Waals surface area contributed by atoms with Gasteiger partial charge in [-0.1, -0.05) is 94.8 Å². The summed E-state index contributed by atoms with van der Waals surface area (Å²) in [7, 11) is 0. The second-order valence-corrected chi connectivity index (χ2v) is 9.68. The molecular weight excluding hydrogens is 436 g/mol. The average Bonchev–Trinajstić information content (AvgIpc) is 2.84. The Kier molecular flexibility index (Phi) is 12.5. The van der Waals surface area contributed by atoms with Crippen LogP contribution in [0.25, 0.3) is 0 Å². The van der Waals surface area contributed by atoms with E-state index >= 15 is 0 Å². The number of hydrogen-bond acceptors (Lipinski definition) is 4. The summed E-state index contributed by atoms with van der Waals surface area (Å²) < 4.78 is 0. The minimum atomic E-state index is -0.0996. The van der Waals surface area contributed by atoms with Crippen molar-refractivity contribution in [2.24, 2.45) is 22.0 Å². The lowest BCUT2D eigenvalue weighted by Gasteiger charge is -2.10. The highest BCUT2D eigenvalue weighted by Gasteiger charge is 2.09. The Morgan fingerprint density at radius 1 is 0.629 bits per heavy atom. The zero-order valence-electron chi connectivity index (χ0n) is 21.6. The van der Waals surface area contributed by atoms with Gasteiger partial charge >= 0.3 is 0 Å². The number of carbonyl (C=O) groups is 2. The topological polar surface area (TPSA) is 82.9 Å². The molecule has 0 saturated carbocycles. The van der Waals surface area contributed by atoms with Gasteiger partial charge in [-0.05, 0) is 48.6 Å². The number of carbonyl (C=O) groups excluding carboxylic acids is 2. The van der Waals surface area contributed by atoms with Crippen LogP contribution in [0.4, 0.5) is 0 Å². The normalized spacial score (nSPS) is 12.2. The molecule has 0 heterocycles. The first kappa shape index (κ1) is 28.0. The molecule has 0 saturated heterocycles. The lowest BCUT2D eigenvalue weighted by atomic mass is 10.0. The Hall–Kier alpha value is -3.28. The van der Waals surface area contributed by atoms with Crippen LogP contribution >= 0.6 is 0 Å². The quantitative estimate of drug-likeness (QED) is 0.197. The molecule has 0 unspecified atom stereocenters. The molecule has 0 aromatic heterocycles. The monoisotopic (exact) mass is 476 g/mol. The lowest BCUT2D eigenvalue weighted by molar-refractivity contribution is -0.121. The number of unbranched alkanes of at least 4 members (excludes halogenated alkanes) is 2. The molecule has 0 aliphatic heterocycles. The van der Waals surface area contributed by atoms with Crippen LogP contribution in [0.2, 0.25) is 0 Å². The molecule has 2 N–H and O–H groups in total. The first-order chi connectivity index (χ1) is 16.8. The van der Waals surface area contributed by atoms with E-state index in [1.165, 1.54) is 0 Å². The van der Waals surface area contributed by atoms with Crippen molar-refractivity contribution >= 4 is 23.2 Å². The average molecular weight is 477 g/mol. The van der Waals surface area contributed by atoms with Crippen molar-refractivity contribution in [1.82, 2.24) is 10.9 Å². The summed E-state index contributed by atoms with van der Waals surface area (Å²) in [6.45, 7) is 8.53. The Labute approximate surface area is 210 Å². The first-order valence-corrected chi connectivity index (χ1v) is 12.7. The zero-order valence-corrected chi connectivity index (χ0v) is 21.6. The summed E-state index contributed by atoms with van der Waals surface area (Å²) in [5.41, 5.74) is 9.23. The summed E-state index contributed by atoms with van der Waals surface area (Å²) in [5, 5.41) is 8.77. The van der Waals surface area contributed by atoms with Crippen LogP contribution < -0.4 is 10.9 Å². The first-order valence-electron chi connectivity index (χ1n) is 12.7. The van der Waals surface area contributed by atoms with Crippen LogP contribution in [-0.4, -0.2) is 23.2 Å².